The van der Waals surface area contributed by atoms with Crippen molar-refractivity contribution in [3.8, 4) is 24.3 Å². The lowest BCUT2D eigenvalue weighted by molar-refractivity contribution is -0.165. The lowest BCUT2D eigenvalue weighted by Crippen LogP contribution is -2.46. The van der Waals surface area contributed by atoms with E-state index in [-0.39, 0.29) is 75.5 Å². The quantitative estimate of drug-likeness (QED) is 0.0378. The number of ether oxygens (including phenoxy) is 4. The summed E-state index contributed by atoms with van der Waals surface area (Å²) in [5, 5.41) is 38.3. The molecular weight excluding hydrogens is 1120 g/mol. The molecule has 0 radical (unpaired) electrons. The minimum absolute atomic E-state index is 0.00335. The number of amides is 2. The second kappa shape index (κ2) is 23.5. The maximum absolute atomic E-state index is 16.0. The summed E-state index contributed by atoms with van der Waals surface area (Å²) in [6.45, 7) is 1.63. The maximum atomic E-state index is 16.0. The van der Waals surface area contributed by atoms with Crippen molar-refractivity contribution in [2.75, 3.05) is 13.1 Å². The zero-order valence-electron chi connectivity index (χ0n) is 43.0. The highest BCUT2D eigenvalue weighted by Crippen LogP contribution is 2.67. The van der Waals surface area contributed by atoms with E-state index in [4.69, 9.17) is 28.9 Å². The van der Waals surface area contributed by atoms with E-state index < -0.39 is 84.3 Å². The Labute approximate surface area is 483 Å². The number of aromatic nitrogens is 2. The number of hydrogen-bond acceptors (Lipinski definition) is 22. The lowest BCUT2D eigenvalue weighted by Gasteiger charge is -2.27. The smallest absolute Gasteiger partial charge is 0.334 e. The summed E-state index contributed by atoms with van der Waals surface area (Å²) in [6, 6.07) is 41.3. The number of rotatable bonds is 16. The topological polar surface area (TPSA) is 291 Å². The van der Waals surface area contributed by atoms with Crippen molar-refractivity contribution in [2.24, 2.45) is 9.98 Å². The van der Waals surface area contributed by atoms with Gasteiger partial charge in [-0.2, -0.15) is 21.0 Å². The van der Waals surface area contributed by atoms with Crippen LogP contribution in [0, 0.1) is 45.3 Å². The van der Waals surface area contributed by atoms with Crippen LogP contribution in [-0.2, 0) is 85.0 Å². The number of benzene rings is 4. The van der Waals surface area contributed by atoms with Crippen LogP contribution < -0.4 is 0 Å². The van der Waals surface area contributed by atoms with E-state index in [0.29, 0.717) is 44.9 Å². The molecule has 404 valence electrons. The second-order valence-electron chi connectivity index (χ2n) is 17.8. The molecule has 10 rings (SSSR count). The summed E-state index contributed by atoms with van der Waals surface area (Å²) >= 11 is 2.80. The van der Waals surface area contributed by atoms with Crippen LogP contribution in [0.4, 0.5) is 10.3 Å². The number of nitrogens with zero attached hydrogens (tertiary/aromatic N) is 10. The molecule has 2 aliphatic carbocycles. The molecule has 0 spiro atoms. The van der Waals surface area contributed by atoms with Crippen molar-refractivity contribution in [3.63, 3.8) is 0 Å². The van der Waals surface area contributed by atoms with Crippen LogP contribution in [-0.4, -0.2) is 78.6 Å². The van der Waals surface area contributed by atoms with Crippen LogP contribution in [0.5, 0.6) is 0 Å². The number of carbonyl (C=O) groups is 6. The lowest BCUT2D eigenvalue weighted by atomic mass is 9.79. The highest BCUT2D eigenvalue weighted by molar-refractivity contribution is 8.20. The zero-order valence-corrected chi connectivity index (χ0v) is 46.2. The van der Waals surface area contributed by atoms with Crippen LogP contribution in [0.25, 0.3) is 11.1 Å². The SMILES string of the molecule is CCN1C(=O)C(=Nc2nc3c(s2)C2=C(c4sc(N=C5SC(=C(C#N)C#N)N(CC)C5=O)nc4C2(C(=O)OCc2ccccc2)C(=O)OCc2ccccc2)C3(C(=O)OCc2ccccc2)C(=O)OCc2ccccc2)SC1=C(C#N)C#N. The van der Waals surface area contributed by atoms with Crippen LogP contribution in [0.15, 0.2) is 153 Å². The molecule has 82 heavy (non-hydrogen) atoms. The molecule has 0 saturated carbocycles. The number of fused-ring (bicyclic) bond motifs is 4. The molecule has 2 saturated heterocycles. The van der Waals surface area contributed by atoms with Gasteiger partial charge >= 0.3 is 23.9 Å². The van der Waals surface area contributed by atoms with Gasteiger partial charge in [0.2, 0.25) is 21.1 Å². The first-order chi connectivity index (χ1) is 39.9. The fourth-order valence-electron chi connectivity index (χ4n) is 9.33. The molecule has 20 nitrogen and oxygen atoms in total. The van der Waals surface area contributed by atoms with E-state index in [2.05, 4.69) is 9.98 Å². The van der Waals surface area contributed by atoms with Gasteiger partial charge in [-0.3, -0.25) is 38.6 Å². The van der Waals surface area contributed by atoms with E-state index in [1.165, 1.54) is 9.80 Å². The van der Waals surface area contributed by atoms with Crippen LogP contribution in [0.3, 0.4) is 0 Å². The number of aliphatic imine (C=N–C) groups is 2. The third kappa shape index (κ3) is 9.69. The Morgan fingerprint density at radius 2 is 0.768 bits per heavy atom. The first-order valence-electron chi connectivity index (χ1n) is 24.8. The molecule has 0 unspecified atom stereocenters. The van der Waals surface area contributed by atoms with E-state index in [0.717, 1.165) is 23.5 Å². The highest BCUT2D eigenvalue weighted by atomic mass is 32.2. The van der Waals surface area contributed by atoms with Crippen molar-refractivity contribution >= 4 is 113 Å². The summed E-state index contributed by atoms with van der Waals surface area (Å²) in [5.41, 5.74) is -6.08. The van der Waals surface area contributed by atoms with Gasteiger partial charge in [-0.25, -0.2) is 20.0 Å². The Bertz CT molecular complexity index is 3600. The van der Waals surface area contributed by atoms with Gasteiger partial charge in [-0.15, -0.1) is 0 Å². The predicted octanol–water partition coefficient (Wildman–Crippen LogP) is 8.75. The summed E-state index contributed by atoms with van der Waals surface area (Å²) in [5.74, 6) is -6.58. The van der Waals surface area contributed by atoms with Gasteiger partial charge in [-0.05, 0) is 59.6 Å². The number of esters is 4. The van der Waals surface area contributed by atoms with Gasteiger partial charge in [0.25, 0.3) is 11.8 Å². The molecule has 2 amide bonds. The highest BCUT2D eigenvalue weighted by Gasteiger charge is 2.73. The van der Waals surface area contributed by atoms with Gasteiger partial charge in [-0.1, -0.05) is 144 Å². The molecule has 4 aliphatic rings. The number of carbonyl (C=O) groups excluding carboxylic acids is 6. The molecule has 2 aromatic heterocycles. The molecular formula is C58H38N10O10S4. The Balaban J connectivity index is 1.27. The minimum Gasteiger partial charge on any atom is -0.459 e. The molecule has 0 N–H and O–H groups in total. The number of hydrogen-bond donors (Lipinski definition) is 0. The fraction of sp³-hybridized carbons (Fsp3) is 0.172. The Hall–Kier alpha value is -9.82. The number of thiazole rings is 2. The van der Waals surface area contributed by atoms with Gasteiger partial charge in [0, 0.05) is 24.2 Å². The summed E-state index contributed by atoms with van der Waals surface area (Å²) in [6.07, 6.45) is 0. The summed E-state index contributed by atoms with van der Waals surface area (Å²) in [7, 11) is 0. The van der Waals surface area contributed by atoms with Crippen molar-refractivity contribution in [1.29, 1.82) is 21.0 Å². The van der Waals surface area contributed by atoms with Crippen LogP contribution >= 0.6 is 46.2 Å². The third-order valence-electron chi connectivity index (χ3n) is 13.1. The largest absolute Gasteiger partial charge is 0.459 e. The van der Waals surface area contributed by atoms with Crippen molar-refractivity contribution < 1.29 is 47.7 Å². The normalized spacial score (nSPS) is 16.2. The van der Waals surface area contributed by atoms with E-state index in [1.807, 2.05) is 0 Å². The van der Waals surface area contributed by atoms with E-state index >= 15 is 19.2 Å². The van der Waals surface area contributed by atoms with E-state index in [1.54, 1.807) is 159 Å². The molecule has 0 bridgehead atoms. The molecule has 4 heterocycles. The Kier molecular flexibility index (Phi) is 15.9. The number of allylic oxidation sites excluding steroid dienone is 2. The van der Waals surface area contributed by atoms with E-state index in [9.17, 15) is 30.6 Å². The predicted molar refractivity (Wildman–Crippen MR) is 300 cm³/mol. The monoisotopic (exact) mass is 1160 g/mol. The van der Waals surface area contributed by atoms with Crippen LogP contribution in [0.2, 0.25) is 0 Å². The standard InChI is InChI=1S/C58H38N10O10S4/c1-3-67-47(69)45(81-49(67)37(25-59)26-60)65-55-63-43-41(79-55)39-40(57(43,51(71)75-29-33-17-9-5-10-18-33)52(72)76-30-34-19-11-6-12-20-34)42-44(64-56(80-42)66-46-48(70)68(4-2)50(82-46)38(27-61)28-62)58(39,53(73)77-31-35-21-13-7-14-22-35)54(74)78-32-36-23-15-8-16-24-36/h5-24H,3-4,29-32H2,1-2H3. The third-order valence-corrected chi connectivity index (χ3v) is 17.2. The molecule has 2 aliphatic heterocycles. The van der Waals surface area contributed by atoms with Gasteiger partial charge < -0.3 is 18.9 Å². The van der Waals surface area contributed by atoms with Crippen molar-refractivity contribution in [2.45, 2.75) is 51.1 Å². The average molecular weight is 1160 g/mol. The molecule has 2 fully saturated rings. The molecule has 0 atom stereocenters. The van der Waals surface area contributed by atoms with Crippen molar-refractivity contribution in [3.05, 3.63) is 186 Å². The zero-order chi connectivity index (χ0) is 57.7. The maximum Gasteiger partial charge on any atom is 0.334 e. The molecule has 4 aromatic carbocycles. The first kappa shape index (κ1) is 55.5. The molecule has 6 aromatic rings. The van der Waals surface area contributed by atoms with Crippen molar-refractivity contribution in [1.82, 2.24) is 19.8 Å². The minimum atomic E-state index is -2.89. The van der Waals surface area contributed by atoms with Gasteiger partial charge in [0.1, 0.15) is 60.8 Å². The second-order valence-corrected chi connectivity index (χ2v) is 21.7. The fourth-order valence-corrected chi connectivity index (χ4v) is 13.7. The average Bonchev–Trinajstić information content (AvgIpc) is 1.58. The summed E-state index contributed by atoms with van der Waals surface area (Å²) in [4.78, 5) is 113. The number of thioether (sulfide) groups is 2. The van der Waals surface area contributed by atoms with Gasteiger partial charge in [0.05, 0.1) is 21.1 Å². The van der Waals surface area contributed by atoms with Gasteiger partial charge in [0.15, 0.2) is 21.2 Å². The Morgan fingerprint density at radius 3 is 1.02 bits per heavy atom. The number of nitriles is 4. The Morgan fingerprint density at radius 1 is 0.488 bits per heavy atom. The first-order valence-corrected chi connectivity index (χ1v) is 28.0. The van der Waals surface area contributed by atoms with Crippen LogP contribution in [0.1, 0.15) is 57.2 Å². The summed E-state index contributed by atoms with van der Waals surface area (Å²) < 4.78 is 24.7. The molecule has 24 heteroatoms.